The molecule has 3 N–H and O–H groups in total. The van der Waals surface area contributed by atoms with Gasteiger partial charge in [-0.05, 0) is 43.2 Å². The number of benzene rings is 1. The van der Waals surface area contributed by atoms with Gasteiger partial charge in [0.25, 0.3) is 0 Å². The fourth-order valence-corrected chi connectivity index (χ4v) is 4.21. The van der Waals surface area contributed by atoms with Gasteiger partial charge in [-0.2, -0.15) is 5.10 Å². The molecule has 142 valence electrons. The van der Waals surface area contributed by atoms with Crippen LogP contribution in [0.1, 0.15) is 45.3 Å². The molecule has 2 aromatic rings. The summed E-state index contributed by atoms with van der Waals surface area (Å²) in [6.45, 7) is 8.16. The van der Waals surface area contributed by atoms with Gasteiger partial charge in [0.2, 0.25) is 0 Å². The number of amides is 2. The highest BCUT2D eigenvalue weighted by atomic mass is 35.5. The molecule has 2 heterocycles. The first kappa shape index (κ1) is 19.0. The van der Waals surface area contributed by atoms with E-state index >= 15 is 0 Å². The number of piperidine rings is 1. The topological polar surface area (TPSA) is 81.2 Å². The standard InChI is InChI=1S/C19H27ClN4O2/c1-4-21-18(26)24-7-5-13(6-8-24)19(2,3)17(25)15-10-14(20)9-12-11-22-23-16(12)15/h9-11,13,17,25H,4-8H2,1-3H3,(H,21,26)(H,22,23)/t17-/m1/s1. The number of nitrogens with zero attached hydrogens (tertiary/aromatic N) is 2. The van der Waals surface area contributed by atoms with Crippen molar-refractivity contribution in [1.29, 1.82) is 0 Å². The molecule has 0 radical (unpaired) electrons. The molecule has 3 rings (SSSR count). The highest BCUT2D eigenvalue weighted by Crippen LogP contribution is 2.46. The summed E-state index contributed by atoms with van der Waals surface area (Å²) < 4.78 is 0. The zero-order valence-electron chi connectivity index (χ0n) is 15.6. The highest BCUT2D eigenvalue weighted by molar-refractivity contribution is 6.31. The Kier molecular flexibility index (Phi) is 5.44. The number of aliphatic hydroxyl groups excluding tert-OH is 1. The van der Waals surface area contributed by atoms with Crippen LogP contribution < -0.4 is 5.32 Å². The zero-order chi connectivity index (χ0) is 18.9. The lowest BCUT2D eigenvalue weighted by atomic mass is 9.68. The van der Waals surface area contributed by atoms with E-state index in [-0.39, 0.29) is 11.4 Å². The molecule has 1 aromatic heterocycles. The molecule has 0 aliphatic carbocycles. The van der Waals surface area contributed by atoms with Crippen LogP contribution in [-0.4, -0.2) is 45.9 Å². The number of urea groups is 1. The second-order valence-corrected chi connectivity index (χ2v) is 8.09. The first-order chi connectivity index (χ1) is 12.3. The van der Waals surface area contributed by atoms with Gasteiger partial charge in [-0.1, -0.05) is 25.4 Å². The van der Waals surface area contributed by atoms with Crippen molar-refractivity contribution in [3.8, 4) is 0 Å². The van der Waals surface area contributed by atoms with Gasteiger partial charge in [0.05, 0.1) is 17.8 Å². The fraction of sp³-hybridized carbons (Fsp3) is 0.579. The number of carbonyl (C=O) groups is 1. The first-order valence-electron chi connectivity index (χ1n) is 9.18. The van der Waals surface area contributed by atoms with Crippen LogP contribution in [0.25, 0.3) is 10.9 Å². The zero-order valence-corrected chi connectivity index (χ0v) is 16.3. The van der Waals surface area contributed by atoms with Crippen LogP contribution in [0.4, 0.5) is 4.79 Å². The van der Waals surface area contributed by atoms with Crippen LogP contribution in [0.5, 0.6) is 0 Å². The Balaban J connectivity index is 1.77. The van der Waals surface area contributed by atoms with Gasteiger partial charge in [-0.15, -0.1) is 0 Å². The Bertz CT molecular complexity index is 781. The van der Waals surface area contributed by atoms with Crippen molar-refractivity contribution in [3.05, 3.63) is 28.9 Å². The molecule has 1 aromatic carbocycles. The Labute approximate surface area is 158 Å². The average Bonchev–Trinajstić information content (AvgIpc) is 3.09. The van der Waals surface area contributed by atoms with E-state index in [4.69, 9.17) is 11.6 Å². The monoisotopic (exact) mass is 378 g/mol. The van der Waals surface area contributed by atoms with E-state index in [1.54, 1.807) is 6.20 Å². The summed E-state index contributed by atoms with van der Waals surface area (Å²) in [7, 11) is 0. The maximum Gasteiger partial charge on any atom is 0.317 e. The van der Waals surface area contributed by atoms with E-state index < -0.39 is 6.10 Å². The summed E-state index contributed by atoms with van der Waals surface area (Å²) in [5.74, 6) is 0.306. The highest BCUT2D eigenvalue weighted by Gasteiger charge is 2.40. The number of likely N-dealkylation sites (tertiary alicyclic amines) is 1. The van der Waals surface area contributed by atoms with Gasteiger partial charge in [0, 0.05) is 35.6 Å². The largest absolute Gasteiger partial charge is 0.388 e. The Morgan fingerprint density at radius 1 is 1.46 bits per heavy atom. The van der Waals surface area contributed by atoms with Gasteiger partial charge in [-0.3, -0.25) is 5.10 Å². The molecular formula is C19H27ClN4O2. The number of hydrogen-bond acceptors (Lipinski definition) is 3. The third-order valence-corrected chi connectivity index (χ3v) is 5.92. The van der Waals surface area contributed by atoms with E-state index in [1.807, 2.05) is 24.0 Å². The molecule has 2 amide bonds. The quantitative estimate of drug-likeness (QED) is 0.758. The summed E-state index contributed by atoms with van der Waals surface area (Å²) in [5, 5.41) is 22.6. The lowest BCUT2D eigenvalue weighted by Gasteiger charge is -2.43. The molecule has 0 spiro atoms. The van der Waals surface area contributed by atoms with Gasteiger partial charge < -0.3 is 15.3 Å². The van der Waals surface area contributed by atoms with Crippen molar-refractivity contribution in [2.24, 2.45) is 11.3 Å². The Hall–Kier alpha value is -1.79. The lowest BCUT2D eigenvalue weighted by molar-refractivity contribution is -0.0143. The van der Waals surface area contributed by atoms with Crippen LogP contribution in [0.15, 0.2) is 18.3 Å². The van der Waals surface area contributed by atoms with Crippen molar-refractivity contribution in [2.75, 3.05) is 19.6 Å². The number of rotatable bonds is 4. The molecule has 1 aliphatic heterocycles. The van der Waals surface area contributed by atoms with Crippen molar-refractivity contribution >= 4 is 28.5 Å². The van der Waals surface area contributed by atoms with Crippen molar-refractivity contribution in [3.63, 3.8) is 0 Å². The molecule has 7 heteroatoms. The molecular weight excluding hydrogens is 352 g/mol. The normalized spacial score (nSPS) is 17.5. The molecule has 1 aliphatic rings. The SMILES string of the molecule is CCNC(=O)N1CCC(C(C)(C)[C@H](O)c2cc(Cl)cc3cn[nH]c23)CC1. The number of aromatic amines is 1. The molecule has 1 fully saturated rings. The molecule has 0 unspecified atom stereocenters. The molecule has 1 atom stereocenters. The number of fused-ring (bicyclic) bond motifs is 1. The summed E-state index contributed by atoms with van der Waals surface area (Å²) in [6.07, 6.45) is 2.78. The van der Waals surface area contributed by atoms with Gasteiger partial charge in [-0.25, -0.2) is 4.79 Å². The average molecular weight is 379 g/mol. The van der Waals surface area contributed by atoms with Crippen LogP contribution >= 0.6 is 11.6 Å². The van der Waals surface area contributed by atoms with E-state index in [0.29, 0.717) is 30.6 Å². The van der Waals surface area contributed by atoms with Gasteiger partial charge in [0.1, 0.15) is 0 Å². The maximum atomic E-state index is 12.0. The lowest BCUT2D eigenvalue weighted by Crippen LogP contribution is -2.47. The van der Waals surface area contributed by atoms with Crippen molar-refractivity contribution in [2.45, 2.75) is 39.7 Å². The number of carbonyl (C=O) groups excluding carboxylic acids is 1. The summed E-state index contributed by atoms with van der Waals surface area (Å²) in [4.78, 5) is 13.9. The molecule has 1 saturated heterocycles. The molecule has 0 saturated carbocycles. The minimum Gasteiger partial charge on any atom is -0.388 e. The predicted molar refractivity (Wildman–Crippen MR) is 103 cm³/mol. The van der Waals surface area contributed by atoms with E-state index in [0.717, 1.165) is 29.3 Å². The predicted octanol–water partition coefficient (Wildman–Crippen LogP) is 3.72. The number of aromatic nitrogens is 2. The van der Waals surface area contributed by atoms with Crippen LogP contribution in [-0.2, 0) is 0 Å². The van der Waals surface area contributed by atoms with Crippen LogP contribution in [0.3, 0.4) is 0 Å². The molecule has 26 heavy (non-hydrogen) atoms. The summed E-state index contributed by atoms with van der Waals surface area (Å²) in [6, 6.07) is 3.66. The number of aliphatic hydroxyl groups is 1. The Morgan fingerprint density at radius 3 is 2.81 bits per heavy atom. The minimum atomic E-state index is -0.676. The van der Waals surface area contributed by atoms with Gasteiger partial charge in [0.15, 0.2) is 0 Å². The summed E-state index contributed by atoms with van der Waals surface area (Å²) in [5.41, 5.74) is 1.26. The van der Waals surface area contributed by atoms with E-state index in [1.165, 1.54) is 0 Å². The summed E-state index contributed by atoms with van der Waals surface area (Å²) >= 11 is 6.24. The van der Waals surface area contributed by atoms with Gasteiger partial charge >= 0.3 is 6.03 Å². The Morgan fingerprint density at radius 2 is 2.15 bits per heavy atom. The third kappa shape index (κ3) is 3.53. The third-order valence-electron chi connectivity index (χ3n) is 5.71. The first-order valence-corrected chi connectivity index (χ1v) is 9.55. The minimum absolute atomic E-state index is 0.00156. The number of hydrogen-bond donors (Lipinski definition) is 3. The molecule has 6 nitrogen and oxygen atoms in total. The maximum absolute atomic E-state index is 12.0. The van der Waals surface area contributed by atoms with Crippen molar-refractivity contribution < 1.29 is 9.90 Å². The number of H-pyrrole nitrogens is 1. The molecule has 0 bridgehead atoms. The van der Waals surface area contributed by atoms with Crippen LogP contribution in [0.2, 0.25) is 5.02 Å². The fourth-order valence-electron chi connectivity index (χ4n) is 3.98. The number of halogens is 1. The smallest absolute Gasteiger partial charge is 0.317 e. The van der Waals surface area contributed by atoms with Crippen molar-refractivity contribution in [1.82, 2.24) is 20.4 Å². The van der Waals surface area contributed by atoms with E-state index in [9.17, 15) is 9.90 Å². The van der Waals surface area contributed by atoms with Crippen LogP contribution in [0, 0.1) is 11.3 Å². The second-order valence-electron chi connectivity index (χ2n) is 7.65. The van der Waals surface area contributed by atoms with E-state index in [2.05, 4.69) is 29.4 Å². The number of nitrogens with one attached hydrogen (secondary N) is 2. The second kappa shape index (κ2) is 7.45.